The first-order valence-electron chi connectivity index (χ1n) is 14.0. The van der Waals surface area contributed by atoms with E-state index in [9.17, 15) is 58.6 Å². The summed E-state index contributed by atoms with van der Waals surface area (Å²) < 4.78 is 65.5. The number of pyridine rings is 1. The maximum absolute atomic E-state index is 12.6. The Morgan fingerprint density at radius 2 is 1.68 bits per heavy atom. The molecule has 4 heterocycles. The Kier molecular flexibility index (Phi) is 12.5. The van der Waals surface area contributed by atoms with Gasteiger partial charge in [0.1, 0.15) is 42.3 Å². The number of aromatic amines is 1. The van der Waals surface area contributed by atoms with Gasteiger partial charge in [-0.15, -0.1) is 0 Å². The monoisotopic (exact) mass is 778 g/mol. The van der Waals surface area contributed by atoms with Gasteiger partial charge in [-0.05, 0) is 13.8 Å². The number of rotatable bonds is 13. The Balaban J connectivity index is 1.38. The number of ether oxygens (including phenoxy) is 2. The predicted octanol–water partition coefficient (Wildman–Crippen LogP) is -2.62. The standard InChI is InChI=1S/C23H33N4O20P3/c1-9-16(29)12(11(5-24-9)7-42-48(35,36)37)6-25-15-10(2)44-22(20(33)18(15)31)46-50(40,41)47-49(38,39)43-8-13-17(30)19(32)21(45-13)27-4-3-14(28)26-23(27)34/h3-6,10,13,15,17-22,29-33H,7-8H2,1-2H3,(H,38,39)(H,40,41)(H,26,28,34)(H2,35,36,37)/t10-,13-,15-,17-,18+,19-,20-,21-,22-/m1/s1. The van der Waals surface area contributed by atoms with E-state index in [-0.39, 0.29) is 16.8 Å². The summed E-state index contributed by atoms with van der Waals surface area (Å²) in [5, 5.41) is 52.3. The number of aliphatic hydroxyl groups is 4. The van der Waals surface area contributed by atoms with Crippen LogP contribution in [0.15, 0.2) is 33.0 Å². The summed E-state index contributed by atoms with van der Waals surface area (Å²) in [7, 11) is -16.2. The van der Waals surface area contributed by atoms with Crippen LogP contribution in [-0.2, 0) is 47.7 Å². The maximum atomic E-state index is 12.6. The van der Waals surface area contributed by atoms with E-state index in [2.05, 4.69) is 27.9 Å². The van der Waals surface area contributed by atoms with Gasteiger partial charge in [-0.1, -0.05) is 0 Å². The highest BCUT2D eigenvalue weighted by Crippen LogP contribution is 2.61. The first-order valence-corrected chi connectivity index (χ1v) is 18.6. The highest BCUT2D eigenvalue weighted by atomic mass is 31.3. The molecular formula is C23H33N4O20P3. The molecule has 4 rings (SSSR count). The van der Waals surface area contributed by atoms with Gasteiger partial charge in [0, 0.05) is 35.8 Å². The van der Waals surface area contributed by atoms with Crippen molar-refractivity contribution in [2.45, 2.75) is 75.6 Å². The summed E-state index contributed by atoms with van der Waals surface area (Å²) in [6, 6.07) is -0.437. The van der Waals surface area contributed by atoms with E-state index in [4.69, 9.17) is 19.3 Å². The number of aliphatic imine (C=N–C) groups is 1. The summed E-state index contributed by atoms with van der Waals surface area (Å²) in [5.74, 6) is -0.454. The largest absolute Gasteiger partial charge is 0.505 e. The first kappa shape index (κ1) is 40.2. The predicted molar refractivity (Wildman–Crippen MR) is 160 cm³/mol. The lowest BCUT2D eigenvalue weighted by Gasteiger charge is -2.39. The maximum Gasteiger partial charge on any atom is 0.483 e. The Labute approximate surface area is 279 Å². The van der Waals surface area contributed by atoms with E-state index < -0.39 is 109 Å². The van der Waals surface area contributed by atoms with Gasteiger partial charge in [0.15, 0.2) is 12.5 Å². The van der Waals surface area contributed by atoms with Crippen LogP contribution in [0.3, 0.4) is 0 Å². The van der Waals surface area contributed by atoms with Crippen molar-refractivity contribution >= 4 is 29.7 Å². The fourth-order valence-corrected chi connectivity index (χ4v) is 7.20. The number of nitrogens with zero attached hydrogens (tertiary/aromatic N) is 3. The molecule has 0 radical (unpaired) electrons. The first-order chi connectivity index (χ1) is 23.1. The molecule has 27 heteroatoms. The van der Waals surface area contributed by atoms with Gasteiger partial charge in [0.05, 0.1) is 25.0 Å². The van der Waals surface area contributed by atoms with E-state index in [1.807, 2.05) is 4.98 Å². The number of aromatic hydroxyl groups is 1. The van der Waals surface area contributed by atoms with Crippen molar-refractivity contribution in [1.82, 2.24) is 14.5 Å². The number of hydrogen-bond acceptors (Lipinski definition) is 18. The highest BCUT2D eigenvalue weighted by Gasteiger charge is 2.49. The topological polar surface area (TPSA) is 369 Å². The highest BCUT2D eigenvalue weighted by molar-refractivity contribution is 7.61. The Hall–Kier alpha value is -2.57. The number of H-pyrrole nitrogens is 1. The van der Waals surface area contributed by atoms with Crippen LogP contribution in [0.4, 0.5) is 0 Å². The number of phosphoric ester groups is 3. The minimum Gasteiger partial charge on any atom is -0.505 e. The van der Waals surface area contributed by atoms with Crippen LogP contribution in [0.25, 0.3) is 0 Å². The molecule has 2 fully saturated rings. The van der Waals surface area contributed by atoms with Gasteiger partial charge < -0.3 is 54.6 Å². The molecule has 280 valence electrons. The molecular weight excluding hydrogens is 745 g/mol. The van der Waals surface area contributed by atoms with Crippen LogP contribution < -0.4 is 11.2 Å². The molecule has 2 saturated heterocycles. The van der Waals surface area contributed by atoms with E-state index >= 15 is 0 Å². The summed E-state index contributed by atoms with van der Waals surface area (Å²) >= 11 is 0. The number of aromatic nitrogens is 3. The van der Waals surface area contributed by atoms with Crippen molar-refractivity contribution in [3.05, 3.63) is 56.1 Å². The van der Waals surface area contributed by atoms with Crippen molar-refractivity contribution in [3.63, 3.8) is 0 Å². The summed E-state index contributed by atoms with van der Waals surface area (Å²) in [4.78, 5) is 71.3. The van der Waals surface area contributed by atoms with Crippen LogP contribution in [0.1, 0.15) is 30.0 Å². The van der Waals surface area contributed by atoms with Crippen molar-refractivity contribution < 1.29 is 86.2 Å². The lowest BCUT2D eigenvalue weighted by molar-refractivity contribution is -0.241. The van der Waals surface area contributed by atoms with Gasteiger partial charge in [0.25, 0.3) is 5.56 Å². The minimum atomic E-state index is -5.68. The Morgan fingerprint density at radius 1 is 1.00 bits per heavy atom. The molecule has 2 unspecified atom stereocenters. The smallest absolute Gasteiger partial charge is 0.483 e. The third-order valence-corrected chi connectivity index (χ3v) is 10.3. The zero-order valence-corrected chi connectivity index (χ0v) is 28.3. The normalized spacial score (nSPS) is 31.4. The zero-order chi connectivity index (χ0) is 37.3. The second kappa shape index (κ2) is 15.6. The third-order valence-electron chi connectivity index (χ3n) is 7.24. The number of nitrogens with one attached hydrogen (secondary N) is 1. The van der Waals surface area contributed by atoms with E-state index in [1.54, 1.807) is 0 Å². The number of aliphatic hydroxyl groups excluding tert-OH is 4. The lowest BCUT2D eigenvalue weighted by Crippen LogP contribution is -2.56. The van der Waals surface area contributed by atoms with Crippen LogP contribution >= 0.6 is 23.5 Å². The van der Waals surface area contributed by atoms with Crippen molar-refractivity contribution in [2.24, 2.45) is 4.99 Å². The molecule has 2 aromatic rings. The fourth-order valence-electron chi connectivity index (χ4n) is 4.73. The fraction of sp³-hybridized carbons (Fsp3) is 0.565. The Morgan fingerprint density at radius 3 is 2.32 bits per heavy atom. The molecule has 2 aliphatic rings. The molecule has 0 bridgehead atoms. The summed E-state index contributed by atoms with van der Waals surface area (Å²) in [6.07, 6.45) is -11.2. The zero-order valence-electron chi connectivity index (χ0n) is 25.6. The molecule has 10 N–H and O–H groups in total. The summed E-state index contributed by atoms with van der Waals surface area (Å²) in [6.45, 7) is 0.925. The molecule has 2 aromatic heterocycles. The molecule has 2 aliphatic heterocycles. The number of phosphoric acid groups is 3. The number of hydrogen-bond donors (Lipinski definition) is 10. The molecule has 0 aliphatic carbocycles. The number of aryl methyl sites for hydroxylation is 1. The second-order valence-electron chi connectivity index (χ2n) is 10.8. The van der Waals surface area contributed by atoms with Gasteiger partial charge in [0.2, 0.25) is 0 Å². The van der Waals surface area contributed by atoms with Gasteiger partial charge in [-0.25, -0.2) is 18.5 Å². The van der Waals surface area contributed by atoms with Crippen molar-refractivity contribution in [3.8, 4) is 5.75 Å². The lowest BCUT2D eigenvalue weighted by atomic mass is 9.97. The van der Waals surface area contributed by atoms with Crippen LogP contribution in [0.2, 0.25) is 0 Å². The molecule has 0 saturated carbocycles. The quantitative estimate of drug-likeness (QED) is 0.0735. The molecule has 0 spiro atoms. The molecule has 0 aromatic carbocycles. The van der Waals surface area contributed by atoms with Crippen molar-refractivity contribution in [1.29, 1.82) is 0 Å². The van der Waals surface area contributed by atoms with Gasteiger partial charge in [-0.2, -0.15) is 4.31 Å². The molecule has 11 atom stereocenters. The van der Waals surface area contributed by atoms with E-state index in [0.717, 1.165) is 24.7 Å². The SMILES string of the molecule is Cc1ncc(COP(=O)(O)O)c(C=N[C@H]2[C@H](O)[C@@H](O)[C@@H](OP(=O)(O)OP(=O)(O)OC[C@H]3O[C@@H](n4ccc(=O)[nH]c4=O)[C@H](O)[C@@H]3O)O[C@@H]2C)c1O. The van der Waals surface area contributed by atoms with E-state index in [1.165, 1.54) is 13.8 Å². The molecule has 50 heavy (non-hydrogen) atoms. The molecule has 24 nitrogen and oxygen atoms in total. The van der Waals surface area contributed by atoms with Gasteiger partial charge >= 0.3 is 29.2 Å². The third kappa shape index (κ3) is 9.85. The second-order valence-corrected chi connectivity index (χ2v) is 15.1. The van der Waals surface area contributed by atoms with Crippen LogP contribution in [-0.4, -0.2) is 121 Å². The van der Waals surface area contributed by atoms with Gasteiger partial charge in [-0.3, -0.25) is 37.9 Å². The average molecular weight is 778 g/mol. The van der Waals surface area contributed by atoms with E-state index in [0.29, 0.717) is 4.57 Å². The Bertz CT molecular complexity index is 1830. The van der Waals surface area contributed by atoms with Crippen molar-refractivity contribution in [2.75, 3.05) is 6.61 Å². The average Bonchev–Trinajstić information content (AvgIpc) is 3.27. The minimum absolute atomic E-state index is 0.0240. The van der Waals surface area contributed by atoms with Crippen LogP contribution in [0.5, 0.6) is 5.75 Å². The molecule has 0 amide bonds. The summed E-state index contributed by atoms with van der Waals surface area (Å²) in [5.41, 5.74) is -1.83. The van der Waals surface area contributed by atoms with Crippen LogP contribution in [0, 0.1) is 6.92 Å².